The lowest BCUT2D eigenvalue weighted by Gasteiger charge is -2.20. The van der Waals surface area contributed by atoms with Crippen molar-refractivity contribution in [2.24, 2.45) is 5.92 Å². The molecule has 1 atom stereocenters. The summed E-state index contributed by atoms with van der Waals surface area (Å²) in [4.78, 5) is 25.4. The molecule has 0 N–H and O–H groups in total. The average Bonchev–Trinajstić information content (AvgIpc) is 2.75. The molecular weight excluding hydrogens is 388 g/mol. The fourth-order valence-corrected chi connectivity index (χ4v) is 3.31. The van der Waals surface area contributed by atoms with Crippen molar-refractivity contribution in [1.82, 2.24) is 0 Å². The van der Waals surface area contributed by atoms with Gasteiger partial charge in [-0.25, -0.2) is 9.59 Å². The molecule has 0 bridgehead atoms. The van der Waals surface area contributed by atoms with Gasteiger partial charge >= 0.3 is 11.9 Å². The van der Waals surface area contributed by atoms with Crippen molar-refractivity contribution in [2.75, 3.05) is 0 Å². The maximum absolute atomic E-state index is 12.8. The SMILES string of the molecule is CCC(CC)CCC(CC)OC(=O)c1ccccc1C(=O)Oc1ccc(Cl)cc1. The Morgan fingerprint density at radius 1 is 0.828 bits per heavy atom. The van der Waals surface area contributed by atoms with Crippen molar-refractivity contribution in [3.63, 3.8) is 0 Å². The minimum Gasteiger partial charge on any atom is -0.459 e. The first-order chi connectivity index (χ1) is 14.0. The summed E-state index contributed by atoms with van der Waals surface area (Å²) in [7, 11) is 0. The zero-order valence-corrected chi connectivity index (χ0v) is 18.1. The number of carbonyl (C=O) groups is 2. The highest BCUT2D eigenvalue weighted by Crippen LogP contribution is 2.22. The van der Waals surface area contributed by atoms with Crippen molar-refractivity contribution in [3.05, 3.63) is 64.7 Å². The Morgan fingerprint density at radius 3 is 1.97 bits per heavy atom. The van der Waals surface area contributed by atoms with Gasteiger partial charge in [-0.3, -0.25) is 0 Å². The van der Waals surface area contributed by atoms with Gasteiger partial charge in [0.1, 0.15) is 11.9 Å². The van der Waals surface area contributed by atoms with Crippen LogP contribution in [0.1, 0.15) is 73.6 Å². The van der Waals surface area contributed by atoms with E-state index in [0.29, 0.717) is 16.7 Å². The largest absolute Gasteiger partial charge is 0.459 e. The van der Waals surface area contributed by atoms with Gasteiger partial charge in [0.05, 0.1) is 11.1 Å². The summed E-state index contributed by atoms with van der Waals surface area (Å²) in [5, 5.41) is 0.549. The Kier molecular flexibility index (Phi) is 9.20. The first-order valence-electron chi connectivity index (χ1n) is 10.3. The van der Waals surface area contributed by atoms with Crippen LogP contribution in [0.5, 0.6) is 5.75 Å². The molecule has 0 amide bonds. The molecule has 29 heavy (non-hydrogen) atoms. The van der Waals surface area contributed by atoms with E-state index in [-0.39, 0.29) is 17.2 Å². The Hall–Kier alpha value is -2.33. The molecule has 5 heteroatoms. The van der Waals surface area contributed by atoms with E-state index < -0.39 is 11.9 Å². The predicted molar refractivity (Wildman–Crippen MR) is 116 cm³/mol. The molecule has 0 heterocycles. The summed E-state index contributed by atoms with van der Waals surface area (Å²) >= 11 is 5.86. The number of esters is 2. The monoisotopic (exact) mass is 416 g/mol. The van der Waals surface area contributed by atoms with Gasteiger partial charge in [-0.05, 0) is 61.6 Å². The molecule has 156 valence electrons. The molecule has 0 radical (unpaired) electrons. The Bertz CT molecular complexity index is 797. The van der Waals surface area contributed by atoms with E-state index in [1.165, 1.54) is 0 Å². The van der Waals surface area contributed by atoms with E-state index in [1.807, 2.05) is 6.92 Å². The molecule has 2 aromatic rings. The molecule has 0 aliphatic carbocycles. The van der Waals surface area contributed by atoms with E-state index in [2.05, 4.69) is 13.8 Å². The summed E-state index contributed by atoms with van der Waals surface area (Å²) in [6, 6.07) is 13.0. The molecular formula is C24H29ClO4. The van der Waals surface area contributed by atoms with Gasteiger partial charge in [0.2, 0.25) is 0 Å². The van der Waals surface area contributed by atoms with E-state index in [9.17, 15) is 9.59 Å². The van der Waals surface area contributed by atoms with Gasteiger partial charge in [-0.1, -0.05) is 57.3 Å². The van der Waals surface area contributed by atoms with Crippen LogP contribution in [0.2, 0.25) is 5.02 Å². The number of ether oxygens (including phenoxy) is 2. The maximum Gasteiger partial charge on any atom is 0.344 e. The average molecular weight is 417 g/mol. The molecule has 0 aliphatic rings. The van der Waals surface area contributed by atoms with Crippen molar-refractivity contribution >= 4 is 23.5 Å². The van der Waals surface area contributed by atoms with E-state index in [0.717, 1.165) is 32.1 Å². The molecule has 4 nitrogen and oxygen atoms in total. The van der Waals surface area contributed by atoms with Crippen LogP contribution in [-0.2, 0) is 4.74 Å². The number of hydrogen-bond acceptors (Lipinski definition) is 4. The quantitative estimate of drug-likeness (QED) is 0.319. The van der Waals surface area contributed by atoms with Crippen LogP contribution in [0.4, 0.5) is 0 Å². The summed E-state index contributed by atoms with van der Waals surface area (Å²) in [6.45, 7) is 6.37. The van der Waals surface area contributed by atoms with Gasteiger partial charge in [0.15, 0.2) is 0 Å². The Balaban J connectivity index is 2.08. The zero-order valence-electron chi connectivity index (χ0n) is 17.3. The fraction of sp³-hybridized carbons (Fsp3) is 0.417. The number of hydrogen-bond donors (Lipinski definition) is 0. The van der Waals surface area contributed by atoms with Crippen LogP contribution in [0, 0.1) is 5.92 Å². The highest BCUT2D eigenvalue weighted by Gasteiger charge is 2.22. The first-order valence-corrected chi connectivity index (χ1v) is 10.6. The summed E-state index contributed by atoms with van der Waals surface area (Å²) in [6.07, 6.45) is 4.68. The predicted octanol–water partition coefficient (Wildman–Crippen LogP) is 6.71. The Labute approximate surface area is 178 Å². The molecule has 2 aromatic carbocycles. The normalized spacial score (nSPS) is 11.9. The van der Waals surface area contributed by atoms with Gasteiger partial charge in [-0.2, -0.15) is 0 Å². The minimum absolute atomic E-state index is 0.163. The van der Waals surface area contributed by atoms with Crippen molar-refractivity contribution < 1.29 is 19.1 Å². The van der Waals surface area contributed by atoms with Crippen LogP contribution in [-0.4, -0.2) is 18.0 Å². The third-order valence-corrected chi connectivity index (χ3v) is 5.42. The second kappa shape index (κ2) is 11.6. The van der Waals surface area contributed by atoms with Crippen molar-refractivity contribution in [3.8, 4) is 5.75 Å². The van der Waals surface area contributed by atoms with E-state index in [4.69, 9.17) is 21.1 Å². The molecule has 0 fully saturated rings. The van der Waals surface area contributed by atoms with Crippen LogP contribution in [0.25, 0.3) is 0 Å². The first kappa shape index (κ1) is 23.0. The standard InChI is InChI=1S/C24H29ClO4/c1-4-17(5-2)11-14-19(6-3)28-23(26)21-9-7-8-10-22(21)24(27)29-20-15-12-18(25)13-16-20/h7-10,12-13,15-17,19H,4-6,11,14H2,1-3H3. The van der Waals surface area contributed by atoms with E-state index >= 15 is 0 Å². The van der Waals surface area contributed by atoms with E-state index in [1.54, 1.807) is 48.5 Å². The van der Waals surface area contributed by atoms with Gasteiger partial charge in [0.25, 0.3) is 0 Å². The molecule has 0 spiro atoms. The van der Waals surface area contributed by atoms with Crippen LogP contribution >= 0.6 is 11.6 Å². The molecule has 2 rings (SSSR count). The highest BCUT2D eigenvalue weighted by atomic mass is 35.5. The van der Waals surface area contributed by atoms with Gasteiger partial charge in [-0.15, -0.1) is 0 Å². The second-order valence-electron chi connectivity index (χ2n) is 7.08. The summed E-state index contributed by atoms with van der Waals surface area (Å²) in [5.74, 6) is -0.0985. The summed E-state index contributed by atoms with van der Waals surface area (Å²) in [5.41, 5.74) is 0.398. The fourth-order valence-electron chi connectivity index (χ4n) is 3.18. The number of rotatable bonds is 10. The third-order valence-electron chi connectivity index (χ3n) is 5.17. The number of benzene rings is 2. The lowest BCUT2D eigenvalue weighted by molar-refractivity contribution is 0.0252. The molecule has 0 saturated heterocycles. The maximum atomic E-state index is 12.8. The molecule has 0 aromatic heterocycles. The van der Waals surface area contributed by atoms with Gasteiger partial charge < -0.3 is 9.47 Å². The van der Waals surface area contributed by atoms with Gasteiger partial charge in [0, 0.05) is 5.02 Å². The smallest absolute Gasteiger partial charge is 0.344 e. The highest BCUT2D eigenvalue weighted by molar-refractivity contribution is 6.30. The van der Waals surface area contributed by atoms with Crippen molar-refractivity contribution in [1.29, 1.82) is 0 Å². The lowest BCUT2D eigenvalue weighted by atomic mass is 9.95. The van der Waals surface area contributed by atoms with Crippen LogP contribution in [0.3, 0.4) is 0 Å². The van der Waals surface area contributed by atoms with Crippen LogP contribution < -0.4 is 4.74 Å². The minimum atomic E-state index is -0.607. The molecule has 1 unspecified atom stereocenters. The third kappa shape index (κ3) is 6.90. The zero-order chi connectivity index (χ0) is 21.2. The van der Waals surface area contributed by atoms with Crippen LogP contribution in [0.15, 0.2) is 48.5 Å². The lowest BCUT2D eigenvalue weighted by Crippen LogP contribution is -2.21. The topological polar surface area (TPSA) is 52.6 Å². The number of halogens is 1. The van der Waals surface area contributed by atoms with Crippen molar-refractivity contribution in [2.45, 2.75) is 59.0 Å². The molecule has 0 aliphatic heterocycles. The number of carbonyl (C=O) groups excluding carboxylic acids is 2. The second-order valence-corrected chi connectivity index (χ2v) is 7.52. The summed E-state index contributed by atoms with van der Waals surface area (Å²) < 4.78 is 11.1. The molecule has 0 saturated carbocycles. The Morgan fingerprint density at radius 2 is 1.41 bits per heavy atom.